The van der Waals surface area contributed by atoms with Crippen molar-refractivity contribution in [2.45, 2.75) is 59.3 Å². The lowest BCUT2D eigenvalue weighted by Crippen LogP contribution is -2.25. The average molecular weight is 276 g/mol. The molecular weight excluding hydrogens is 248 g/mol. The van der Waals surface area contributed by atoms with Crippen LogP contribution in [0.5, 0.6) is 0 Å². The first kappa shape index (κ1) is 15.1. The second-order valence-electron chi connectivity index (χ2n) is 6.15. The third-order valence-corrected chi connectivity index (χ3v) is 4.52. The fourth-order valence-electron chi connectivity index (χ4n) is 3.01. The number of nitrogen functional groups attached to an aromatic ring is 1. The summed E-state index contributed by atoms with van der Waals surface area (Å²) >= 11 is 0. The standard InChI is InChI=1S/C16H28N4/c1-4-7-14-19-15(17)12(3)16(20-14)18-10-13-9-6-5-8-11(13)2/h11,13H,4-10H2,1-3H3,(H3,17,18,19,20). The van der Waals surface area contributed by atoms with Crippen molar-refractivity contribution in [1.82, 2.24) is 9.97 Å². The lowest BCUT2D eigenvalue weighted by atomic mass is 9.80. The van der Waals surface area contributed by atoms with E-state index in [2.05, 4.69) is 29.1 Å². The van der Waals surface area contributed by atoms with E-state index in [-0.39, 0.29) is 0 Å². The summed E-state index contributed by atoms with van der Waals surface area (Å²) < 4.78 is 0. The first-order valence-corrected chi connectivity index (χ1v) is 7.98. The van der Waals surface area contributed by atoms with Crippen LogP contribution >= 0.6 is 0 Å². The van der Waals surface area contributed by atoms with Gasteiger partial charge in [-0.1, -0.05) is 33.1 Å². The summed E-state index contributed by atoms with van der Waals surface area (Å²) in [6, 6.07) is 0. The number of hydrogen-bond acceptors (Lipinski definition) is 4. The highest BCUT2D eigenvalue weighted by Gasteiger charge is 2.21. The molecule has 1 heterocycles. The number of hydrogen-bond donors (Lipinski definition) is 2. The second kappa shape index (κ2) is 6.91. The van der Waals surface area contributed by atoms with E-state index in [0.29, 0.717) is 5.82 Å². The van der Waals surface area contributed by atoms with Crippen molar-refractivity contribution in [3.8, 4) is 0 Å². The molecule has 3 N–H and O–H groups in total. The molecule has 0 spiro atoms. The van der Waals surface area contributed by atoms with Gasteiger partial charge in [-0.3, -0.25) is 0 Å². The molecule has 1 fully saturated rings. The summed E-state index contributed by atoms with van der Waals surface area (Å²) in [7, 11) is 0. The predicted molar refractivity (Wildman–Crippen MR) is 84.8 cm³/mol. The van der Waals surface area contributed by atoms with Crippen LogP contribution in [0.4, 0.5) is 11.6 Å². The van der Waals surface area contributed by atoms with E-state index >= 15 is 0 Å². The molecule has 2 rings (SSSR count). The van der Waals surface area contributed by atoms with E-state index in [1.165, 1.54) is 25.7 Å². The lowest BCUT2D eigenvalue weighted by molar-refractivity contribution is 0.268. The maximum Gasteiger partial charge on any atom is 0.134 e. The third-order valence-electron chi connectivity index (χ3n) is 4.52. The highest BCUT2D eigenvalue weighted by atomic mass is 15.1. The van der Waals surface area contributed by atoms with E-state index in [0.717, 1.165) is 48.4 Å². The molecule has 4 heteroatoms. The molecule has 2 atom stereocenters. The monoisotopic (exact) mass is 276 g/mol. The first-order chi connectivity index (χ1) is 9.61. The summed E-state index contributed by atoms with van der Waals surface area (Å²) in [5.41, 5.74) is 6.98. The van der Waals surface area contributed by atoms with Gasteiger partial charge >= 0.3 is 0 Å². The summed E-state index contributed by atoms with van der Waals surface area (Å²) in [5, 5.41) is 3.52. The minimum atomic E-state index is 0.614. The van der Waals surface area contributed by atoms with Crippen LogP contribution in [0.25, 0.3) is 0 Å². The minimum Gasteiger partial charge on any atom is -0.383 e. The average Bonchev–Trinajstić information content (AvgIpc) is 2.43. The molecule has 1 aromatic heterocycles. The Morgan fingerprint density at radius 2 is 2.00 bits per heavy atom. The number of aryl methyl sites for hydroxylation is 1. The fraction of sp³-hybridized carbons (Fsp3) is 0.750. The zero-order valence-corrected chi connectivity index (χ0v) is 13.1. The van der Waals surface area contributed by atoms with Crippen LogP contribution in [0.1, 0.15) is 57.3 Å². The van der Waals surface area contributed by atoms with Crippen LogP contribution in [0.3, 0.4) is 0 Å². The molecule has 0 amide bonds. The van der Waals surface area contributed by atoms with Crippen LogP contribution in [0.15, 0.2) is 0 Å². The Morgan fingerprint density at radius 1 is 1.25 bits per heavy atom. The molecule has 0 aromatic carbocycles. The Morgan fingerprint density at radius 3 is 2.70 bits per heavy atom. The maximum atomic E-state index is 6.00. The lowest BCUT2D eigenvalue weighted by Gasteiger charge is -2.29. The normalized spacial score (nSPS) is 22.8. The summed E-state index contributed by atoms with van der Waals surface area (Å²) in [6.07, 6.45) is 7.37. The van der Waals surface area contributed by atoms with Crippen LogP contribution in [-0.4, -0.2) is 16.5 Å². The van der Waals surface area contributed by atoms with Gasteiger partial charge in [0.15, 0.2) is 0 Å². The molecule has 0 saturated heterocycles. The van der Waals surface area contributed by atoms with Gasteiger partial charge in [0, 0.05) is 18.5 Å². The van der Waals surface area contributed by atoms with Crippen molar-refractivity contribution >= 4 is 11.6 Å². The van der Waals surface area contributed by atoms with Crippen LogP contribution in [0, 0.1) is 18.8 Å². The largest absolute Gasteiger partial charge is 0.383 e. The van der Waals surface area contributed by atoms with Gasteiger partial charge in [0.05, 0.1) is 0 Å². The van der Waals surface area contributed by atoms with Crippen LogP contribution in [0.2, 0.25) is 0 Å². The topological polar surface area (TPSA) is 63.8 Å². The van der Waals surface area contributed by atoms with Gasteiger partial charge in [-0.2, -0.15) is 0 Å². The Bertz CT molecular complexity index is 444. The Balaban J connectivity index is 2.04. The molecule has 4 nitrogen and oxygen atoms in total. The van der Waals surface area contributed by atoms with Gasteiger partial charge in [-0.15, -0.1) is 0 Å². The molecule has 0 radical (unpaired) electrons. The number of nitrogens with one attached hydrogen (secondary N) is 1. The Kier molecular flexibility index (Phi) is 5.21. The van der Waals surface area contributed by atoms with Gasteiger partial charge < -0.3 is 11.1 Å². The van der Waals surface area contributed by atoms with Crippen molar-refractivity contribution < 1.29 is 0 Å². The zero-order valence-electron chi connectivity index (χ0n) is 13.1. The van der Waals surface area contributed by atoms with E-state index in [9.17, 15) is 0 Å². The number of rotatable bonds is 5. The molecule has 1 aliphatic carbocycles. The predicted octanol–water partition coefficient (Wildman–Crippen LogP) is 3.56. The molecule has 20 heavy (non-hydrogen) atoms. The Hall–Kier alpha value is -1.32. The minimum absolute atomic E-state index is 0.614. The molecule has 1 aromatic rings. The van der Waals surface area contributed by atoms with E-state index in [1.54, 1.807) is 0 Å². The van der Waals surface area contributed by atoms with Gasteiger partial charge in [-0.05, 0) is 31.6 Å². The smallest absolute Gasteiger partial charge is 0.134 e. The highest BCUT2D eigenvalue weighted by Crippen LogP contribution is 2.30. The quantitative estimate of drug-likeness (QED) is 0.863. The molecule has 0 aliphatic heterocycles. The SMILES string of the molecule is CCCc1nc(N)c(C)c(NCC2CCCCC2C)n1. The van der Waals surface area contributed by atoms with Crippen LogP contribution in [-0.2, 0) is 6.42 Å². The summed E-state index contributed by atoms with van der Waals surface area (Å²) in [4.78, 5) is 8.99. The number of nitrogens with zero attached hydrogens (tertiary/aromatic N) is 2. The van der Waals surface area contributed by atoms with E-state index in [4.69, 9.17) is 5.73 Å². The van der Waals surface area contributed by atoms with Crippen molar-refractivity contribution in [3.63, 3.8) is 0 Å². The maximum absolute atomic E-state index is 6.00. The summed E-state index contributed by atoms with van der Waals surface area (Å²) in [6.45, 7) is 7.51. The van der Waals surface area contributed by atoms with Crippen molar-refractivity contribution in [2.75, 3.05) is 17.6 Å². The highest BCUT2D eigenvalue weighted by molar-refractivity contribution is 5.54. The second-order valence-corrected chi connectivity index (χ2v) is 6.15. The fourth-order valence-corrected chi connectivity index (χ4v) is 3.01. The Labute approximate surface area is 122 Å². The zero-order chi connectivity index (χ0) is 14.5. The van der Waals surface area contributed by atoms with Gasteiger partial charge in [0.25, 0.3) is 0 Å². The first-order valence-electron chi connectivity index (χ1n) is 7.98. The van der Waals surface area contributed by atoms with Crippen molar-refractivity contribution in [3.05, 3.63) is 11.4 Å². The number of aromatic nitrogens is 2. The molecular formula is C16H28N4. The van der Waals surface area contributed by atoms with Crippen LogP contribution < -0.4 is 11.1 Å². The van der Waals surface area contributed by atoms with E-state index in [1.807, 2.05) is 6.92 Å². The number of nitrogens with two attached hydrogens (primary N) is 1. The van der Waals surface area contributed by atoms with Crippen molar-refractivity contribution in [2.24, 2.45) is 11.8 Å². The number of anilines is 2. The van der Waals surface area contributed by atoms with Gasteiger partial charge in [0.1, 0.15) is 17.5 Å². The molecule has 1 aliphatic rings. The molecule has 1 saturated carbocycles. The van der Waals surface area contributed by atoms with Gasteiger partial charge in [-0.25, -0.2) is 9.97 Å². The van der Waals surface area contributed by atoms with E-state index < -0.39 is 0 Å². The molecule has 2 unspecified atom stereocenters. The summed E-state index contributed by atoms with van der Waals surface area (Å²) in [5.74, 6) is 3.97. The molecule has 112 valence electrons. The third kappa shape index (κ3) is 3.62. The molecule has 0 bridgehead atoms. The van der Waals surface area contributed by atoms with Crippen molar-refractivity contribution in [1.29, 1.82) is 0 Å². The van der Waals surface area contributed by atoms with Gasteiger partial charge in [0.2, 0.25) is 0 Å².